The molecule has 1 atom stereocenters. The summed E-state index contributed by atoms with van der Waals surface area (Å²) in [6, 6.07) is 6.00. The number of carbonyl (C=O) groups is 1. The standard InChI is InChI=1S/C16H25FN4O2.HI/c1-4-8-19-15(22)11-21-16(18-3)20-10-12(2)23-14-7-5-6-13(17)9-14;/h5-7,9,12H,4,8,10-11H2,1-3H3,(H,19,22)(H2,18,20,21);1H. The highest BCUT2D eigenvalue weighted by molar-refractivity contribution is 14.0. The van der Waals surface area contributed by atoms with Crippen molar-refractivity contribution in [3.8, 4) is 5.75 Å². The predicted octanol–water partition coefficient (Wildman–Crippen LogP) is 1.90. The molecule has 0 aliphatic heterocycles. The van der Waals surface area contributed by atoms with E-state index in [9.17, 15) is 9.18 Å². The second kappa shape index (κ2) is 12.8. The van der Waals surface area contributed by atoms with Crippen molar-refractivity contribution in [3.05, 3.63) is 30.1 Å². The second-order valence-electron chi connectivity index (χ2n) is 5.04. The van der Waals surface area contributed by atoms with Gasteiger partial charge in [0.1, 0.15) is 17.7 Å². The molecule has 3 N–H and O–H groups in total. The summed E-state index contributed by atoms with van der Waals surface area (Å²) < 4.78 is 18.7. The van der Waals surface area contributed by atoms with Crippen molar-refractivity contribution >= 4 is 35.8 Å². The van der Waals surface area contributed by atoms with Crippen molar-refractivity contribution in [1.82, 2.24) is 16.0 Å². The first-order valence-electron chi connectivity index (χ1n) is 7.68. The molecule has 1 unspecified atom stereocenters. The van der Waals surface area contributed by atoms with E-state index in [4.69, 9.17) is 4.74 Å². The van der Waals surface area contributed by atoms with Gasteiger partial charge in [0.05, 0.1) is 13.1 Å². The maximum absolute atomic E-state index is 13.1. The summed E-state index contributed by atoms with van der Waals surface area (Å²) in [7, 11) is 1.62. The Morgan fingerprint density at radius 3 is 2.71 bits per heavy atom. The van der Waals surface area contributed by atoms with Gasteiger partial charge in [-0.3, -0.25) is 9.79 Å². The fraction of sp³-hybridized carbons (Fsp3) is 0.500. The lowest BCUT2D eigenvalue weighted by Crippen LogP contribution is -2.45. The Morgan fingerprint density at radius 1 is 1.33 bits per heavy atom. The van der Waals surface area contributed by atoms with Crippen LogP contribution in [0.1, 0.15) is 20.3 Å². The topological polar surface area (TPSA) is 74.8 Å². The maximum Gasteiger partial charge on any atom is 0.239 e. The number of aliphatic imine (C=N–C) groups is 1. The van der Waals surface area contributed by atoms with Crippen molar-refractivity contribution in [1.29, 1.82) is 0 Å². The van der Waals surface area contributed by atoms with Gasteiger partial charge in [-0.05, 0) is 25.5 Å². The molecule has 0 saturated carbocycles. The zero-order valence-corrected chi connectivity index (χ0v) is 16.6. The number of ether oxygens (including phenoxy) is 1. The van der Waals surface area contributed by atoms with Crippen LogP contribution < -0.4 is 20.7 Å². The zero-order chi connectivity index (χ0) is 17.1. The Balaban J connectivity index is 0.00000529. The summed E-state index contributed by atoms with van der Waals surface area (Å²) in [5, 5.41) is 8.74. The number of amides is 1. The lowest BCUT2D eigenvalue weighted by Gasteiger charge is -2.17. The summed E-state index contributed by atoms with van der Waals surface area (Å²) in [5.74, 6) is 0.560. The Kier molecular flexibility index (Phi) is 12.0. The SMILES string of the molecule is CCCNC(=O)CNC(=NC)NCC(C)Oc1cccc(F)c1.I. The van der Waals surface area contributed by atoms with E-state index in [2.05, 4.69) is 20.9 Å². The van der Waals surface area contributed by atoms with Crippen LogP contribution in [-0.2, 0) is 4.79 Å². The van der Waals surface area contributed by atoms with Gasteiger partial charge >= 0.3 is 0 Å². The molecule has 0 saturated heterocycles. The van der Waals surface area contributed by atoms with Crippen LogP contribution in [0, 0.1) is 5.82 Å². The Labute approximate surface area is 159 Å². The molecule has 1 aromatic rings. The highest BCUT2D eigenvalue weighted by atomic mass is 127. The van der Waals surface area contributed by atoms with Gasteiger partial charge in [-0.2, -0.15) is 0 Å². The number of guanidine groups is 1. The first kappa shape index (κ1) is 22.4. The molecule has 0 radical (unpaired) electrons. The van der Waals surface area contributed by atoms with E-state index in [0.717, 1.165) is 6.42 Å². The minimum atomic E-state index is -0.335. The van der Waals surface area contributed by atoms with E-state index < -0.39 is 0 Å². The molecule has 0 heterocycles. The third kappa shape index (κ3) is 9.53. The number of hydrogen-bond donors (Lipinski definition) is 3. The quantitative estimate of drug-likeness (QED) is 0.320. The van der Waals surface area contributed by atoms with Crippen LogP contribution in [0.25, 0.3) is 0 Å². The van der Waals surface area contributed by atoms with Gasteiger partial charge in [-0.15, -0.1) is 24.0 Å². The van der Waals surface area contributed by atoms with Crippen LogP contribution >= 0.6 is 24.0 Å². The molecular formula is C16H26FIN4O2. The molecule has 0 aromatic heterocycles. The molecular weight excluding hydrogens is 426 g/mol. The van der Waals surface area contributed by atoms with E-state index in [1.807, 2.05) is 13.8 Å². The van der Waals surface area contributed by atoms with Crippen molar-refractivity contribution in [2.75, 3.05) is 26.7 Å². The van der Waals surface area contributed by atoms with Crippen molar-refractivity contribution in [2.24, 2.45) is 4.99 Å². The molecule has 0 aliphatic carbocycles. The lowest BCUT2D eigenvalue weighted by molar-refractivity contribution is -0.120. The molecule has 24 heavy (non-hydrogen) atoms. The van der Waals surface area contributed by atoms with Gasteiger partial charge < -0.3 is 20.7 Å². The number of rotatable bonds is 8. The van der Waals surface area contributed by atoms with Gasteiger partial charge in [0.2, 0.25) is 5.91 Å². The second-order valence-corrected chi connectivity index (χ2v) is 5.04. The predicted molar refractivity (Wildman–Crippen MR) is 105 cm³/mol. The molecule has 1 rings (SSSR count). The van der Waals surface area contributed by atoms with Gasteiger partial charge in [-0.1, -0.05) is 13.0 Å². The van der Waals surface area contributed by atoms with Crippen LogP contribution in [0.15, 0.2) is 29.3 Å². The number of benzene rings is 1. The Morgan fingerprint density at radius 2 is 2.08 bits per heavy atom. The average Bonchev–Trinajstić information content (AvgIpc) is 2.53. The fourth-order valence-corrected chi connectivity index (χ4v) is 1.77. The molecule has 0 bridgehead atoms. The van der Waals surface area contributed by atoms with Gasteiger partial charge in [0.25, 0.3) is 0 Å². The molecule has 6 nitrogen and oxygen atoms in total. The number of carbonyl (C=O) groups excluding carboxylic acids is 1. The van der Waals surface area contributed by atoms with E-state index in [1.165, 1.54) is 12.1 Å². The molecule has 1 aromatic carbocycles. The number of hydrogen-bond acceptors (Lipinski definition) is 3. The third-order valence-electron chi connectivity index (χ3n) is 2.90. The summed E-state index contributed by atoms with van der Waals surface area (Å²) in [6.45, 7) is 5.13. The molecule has 0 aliphatic rings. The van der Waals surface area contributed by atoms with Crippen LogP contribution in [0.5, 0.6) is 5.75 Å². The molecule has 0 spiro atoms. The van der Waals surface area contributed by atoms with Gasteiger partial charge in [-0.25, -0.2) is 4.39 Å². The molecule has 136 valence electrons. The largest absolute Gasteiger partial charge is 0.489 e. The van der Waals surface area contributed by atoms with Crippen LogP contribution in [0.3, 0.4) is 0 Å². The number of halogens is 2. The van der Waals surface area contributed by atoms with Gasteiger partial charge in [0.15, 0.2) is 5.96 Å². The first-order valence-corrected chi connectivity index (χ1v) is 7.68. The summed E-state index contributed by atoms with van der Waals surface area (Å²) in [4.78, 5) is 15.5. The average molecular weight is 452 g/mol. The van der Waals surface area contributed by atoms with Crippen molar-refractivity contribution in [3.63, 3.8) is 0 Å². The minimum Gasteiger partial charge on any atom is -0.489 e. The van der Waals surface area contributed by atoms with E-state index in [1.54, 1.807) is 19.2 Å². The Bertz CT molecular complexity index is 529. The number of nitrogens with one attached hydrogen (secondary N) is 3. The highest BCUT2D eigenvalue weighted by Gasteiger charge is 2.07. The van der Waals surface area contributed by atoms with E-state index in [0.29, 0.717) is 24.8 Å². The van der Waals surface area contributed by atoms with Crippen molar-refractivity contribution in [2.45, 2.75) is 26.4 Å². The number of nitrogens with zero attached hydrogens (tertiary/aromatic N) is 1. The minimum absolute atomic E-state index is 0. The maximum atomic E-state index is 13.1. The van der Waals surface area contributed by atoms with Gasteiger partial charge in [0, 0.05) is 19.7 Å². The van der Waals surface area contributed by atoms with E-state index >= 15 is 0 Å². The Hall–Kier alpha value is -1.58. The summed E-state index contributed by atoms with van der Waals surface area (Å²) in [6.07, 6.45) is 0.706. The fourth-order valence-electron chi connectivity index (χ4n) is 1.77. The van der Waals surface area contributed by atoms with Crippen LogP contribution in [0.2, 0.25) is 0 Å². The summed E-state index contributed by atoms with van der Waals surface area (Å²) >= 11 is 0. The zero-order valence-electron chi connectivity index (χ0n) is 14.3. The molecule has 8 heteroatoms. The molecule has 1 amide bonds. The monoisotopic (exact) mass is 452 g/mol. The third-order valence-corrected chi connectivity index (χ3v) is 2.90. The highest BCUT2D eigenvalue weighted by Crippen LogP contribution is 2.13. The molecule has 0 fully saturated rings. The van der Waals surface area contributed by atoms with Crippen molar-refractivity contribution < 1.29 is 13.9 Å². The summed E-state index contributed by atoms with van der Waals surface area (Å²) in [5.41, 5.74) is 0. The normalized spacial score (nSPS) is 11.9. The van der Waals surface area contributed by atoms with Crippen LogP contribution in [-0.4, -0.2) is 44.7 Å². The smallest absolute Gasteiger partial charge is 0.239 e. The van der Waals surface area contributed by atoms with E-state index in [-0.39, 0.29) is 48.3 Å². The van der Waals surface area contributed by atoms with Crippen LogP contribution in [0.4, 0.5) is 4.39 Å². The lowest BCUT2D eigenvalue weighted by atomic mass is 10.3. The first-order chi connectivity index (χ1) is 11.0.